The molecule has 0 aromatic heterocycles. The fourth-order valence-electron chi connectivity index (χ4n) is 1.46. The van der Waals surface area contributed by atoms with E-state index in [9.17, 15) is 4.79 Å². The Labute approximate surface area is 129 Å². The van der Waals surface area contributed by atoms with Gasteiger partial charge in [-0.15, -0.1) is 0 Å². The zero-order chi connectivity index (χ0) is 15.1. The lowest BCUT2D eigenvalue weighted by atomic mass is 10.2. The van der Waals surface area contributed by atoms with Crippen LogP contribution in [0.15, 0.2) is 18.2 Å². The molecule has 0 aliphatic rings. The maximum Gasteiger partial charge on any atom is 0.339 e. The number of esters is 1. The number of nitrogens with one attached hydrogen (secondary N) is 2. The van der Waals surface area contributed by atoms with Crippen molar-refractivity contribution in [2.45, 2.75) is 33.2 Å². The highest BCUT2D eigenvalue weighted by atomic mass is 35.5. The quantitative estimate of drug-likeness (QED) is 0.642. The van der Waals surface area contributed by atoms with Gasteiger partial charge in [-0.1, -0.05) is 18.5 Å². The molecule has 20 heavy (non-hydrogen) atoms. The van der Waals surface area contributed by atoms with Crippen molar-refractivity contribution in [3.8, 4) is 0 Å². The Morgan fingerprint density at radius 2 is 2.15 bits per heavy atom. The summed E-state index contributed by atoms with van der Waals surface area (Å²) in [6.07, 6.45) is 0.977. The molecule has 4 nitrogen and oxygen atoms in total. The summed E-state index contributed by atoms with van der Waals surface area (Å²) >= 11 is 11.3. The number of thiocarbonyl (C=S) groups is 1. The van der Waals surface area contributed by atoms with E-state index in [0.717, 1.165) is 12.1 Å². The van der Waals surface area contributed by atoms with Crippen molar-refractivity contribution in [3.05, 3.63) is 28.8 Å². The number of carbonyl (C=O) groups is 1. The van der Waals surface area contributed by atoms with Gasteiger partial charge in [0, 0.05) is 11.7 Å². The third-order valence-corrected chi connectivity index (χ3v) is 3.24. The first kappa shape index (κ1) is 16.7. The molecule has 0 bridgehead atoms. The van der Waals surface area contributed by atoms with E-state index in [4.69, 9.17) is 28.6 Å². The molecule has 1 rings (SSSR count). The third kappa shape index (κ3) is 4.98. The lowest BCUT2D eigenvalue weighted by Crippen LogP contribution is -2.35. The first-order chi connectivity index (χ1) is 9.47. The summed E-state index contributed by atoms with van der Waals surface area (Å²) in [4.78, 5) is 11.6. The van der Waals surface area contributed by atoms with Crippen LogP contribution in [-0.2, 0) is 4.74 Å². The topological polar surface area (TPSA) is 50.4 Å². The Morgan fingerprint density at radius 1 is 1.45 bits per heavy atom. The summed E-state index contributed by atoms with van der Waals surface area (Å²) < 4.78 is 4.91. The highest BCUT2D eigenvalue weighted by Crippen LogP contribution is 2.21. The smallest absolute Gasteiger partial charge is 0.339 e. The van der Waals surface area contributed by atoms with Gasteiger partial charge in [-0.25, -0.2) is 4.79 Å². The zero-order valence-electron chi connectivity index (χ0n) is 11.8. The molecule has 110 valence electrons. The van der Waals surface area contributed by atoms with Gasteiger partial charge in [0.1, 0.15) is 0 Å². The van der Waals surface area contributed by atoms with Crippen LogP contribution >= 0.6 is 23.8 Å². The van der Waals surface area contributed by atoms with Gasteiger partial charge in [-0.2, -0.15) is 0 Å². The van der Waals surface area contributed by atoms with Crippen LogP contribution in [0.25, 0.3) is 0 Å². The number of carbonyl (C=O) groups excluding carboxylic acids is 1. The summed E-state index contributed by atoms with van der Waals surface area (Å²) in [5.74, 6) is -0.427. The van der Waals surface area contributed by atoms with Gasteiger partial charge in [-0.05, 0) is 50.7 Å². The first-order valence-electron chi connectivity index (χ1n) is 6.52. The average molecular weight is 315 g/mol. The second-order valence-corrected chi connectivity index (χ2v) is 5.14. The first-order valence-corrected chi connectivity index (χ1v) is 7.30. The molecule has 0 unspecified atom stereocenters. The van der Waals surface area contributed by atoms with Gasteiger partial charge in [0.2, 0.25) is 0 Å². The van der Waals surface area contributed by atoms with E-state index in [1.807, 2.05) is 6.92 Å². The summed E-state index contributed by atoms with van der Waals surface area (Å²) in [5, 5.41) is 7.03. The maximum absolute atomic E-state index is 11.6. The van der Waals surface area contributed by atoms with E-state index < -0.39 is 5.97 Å². The van der Waals surface area contributed by atoms with Gasteiger partial charge in [0.05, 0.1) is 17.2 Å². The molecule has 0 saturated heterocycles. The maximum atomic E-state index is 11.6. The second kappa shape index (κ2) is 8.07. The van der Waals surface area contributed by atoms with E-state index in [-0.39, 0.29) is 0 Å². The molecular weight excluding hydrogens is 296 g/mol. The van der Waals surface area contributed by atoms with Crippen LogP contribution in [0, 0.1) is 0 Å². The minimum absolute atomic E-state index is 0.296. The van der Waals surface area contributed by atoms with Gasteiger partial charge in [-0.3, -0.25) is 0 Å². The molecule has 0 heterocycles. The average Bonchev–Trinajstić information content (AvgIpc) is 2.38. The van der Waals surface area contributed by atoms with Crippen molar-refractivity contribution in [3.63, 3.8) is 0 Å². The van der Waals surface area contributed by atoms with E-state index in [2.05, 4.69) is 17.6 Å². The van der Waals surface area contributed by atoms with E-state index in [1.165, 1.54) is 0 Å². The molecule has 0 saturated carbocycles. The summed E-state index contributed by atoms with van der Waals surface area (Å²) in [5.41, 5.74) is 1.07. The molecule has 6 heteroatoms. The monoisotopic (exact) mass is 314 g/mol. The minimum Gasteiger partial charge on any atom is -0.462 e. The van der Waals surface area contributed by atoms with Crippen LogP contribution in [0.3, 0.4) is 0 Å². The standard InChI is InChI=1S/C14H19ClN2O2S/c1-4-9(3)16-14(20)17-10-6-7-11(12(15)8-10)13(18)19-5-2/h6-9H,4-5H2,1-3H3,(H2,16,17,20)/t9-/m0/s1. The molecule has 1 aromatic carbocycles. The van der Waals surface area contributed by atoms with Crippen molar-refractivity contribution in [2.24, 2.45) is 0 Å². The van der Waals surface area contributed by atoms with Crippen molar-refractivity contribution in [1.29, 1.82) is 0 Å². The van der Waals surface area contributed by atoms with Crippen LogP contribution in [0.1, 0.15) is 37.6 Å². The van der Waals surface area contributed by atoms with Crippen LogP contribution in [0.5, 0.6) is 0 Å². The van der Waals surface area contributed by atoms with Gasteiger partial charge >= 0.3 is 5.97 Å². The van der Waals surface area contributed by atoms with Crippen LogP contribution in [-0.4, -0.2) is 23.7 Å². The van der Waals surface area contributed by atoms with Crippen molar-refractivity contribution in [1.82, 2.24) is 5.32 Å². The number of benzene rings is 1. The predicted octanol–water partition coefficient (Wildman–Crippen LogP) is 3.60. The molecule has 0 radical (unpaired) electrons. The van der Waals surface area contributed by atoms with E-state index >= 15 is 0 Å². The second-order valence-electron chi connectivity index (χ2n) is 4.32. The van der Waals surface area contributed by atoms with Crippen LogP contribution in [0.4, 0.5) is 5.69 Å². The number of halogens is 1. The fourth-order valence-corrected chi connectivity index (χ4v) is 2.04. The normalized spacial score (nSPS) is 11.6. The summed E-state index contributed by atoms with van der Waals surface area (Å²) in [6, 6.07) is 5.31. The largest absolute Gasteiger partial charge is 0.462 e. The molecule has 1 aromatic rings. The van der Waals surface area contributed by atoms with Crippen molar-refractivity contribution >= 4 is 40.6 Å². The van der Waals surface area contributed by atoms with Crippen LogP contribution < -0.4 is 10.6 Å². The van der Waals surface area contributed by atoms with E-state index in [1.54, 1.807) is 25.1 Å². The Hall–Kier alpha value is -1.33. The van der Waals surface area contributed by atoms with E-state index in [0.29, 0.717) is 28.3 Å². The zero-order valence-corrected chi connectivity index (χ0v) is 13.4. The van der Waals surface area contributed by atoms with Gasteiger partial charge in [0.25, 0.3) is 0 Å². The minimum atomic E-state index is -0.427. The number of anilines is 1. The SMILES string of the molecule is CCOC(=O)c1ccc(NC(=S)N[C@@H](C)CC)cc1Cl. The molecule has 0 aliphatic heterocycles. The Morgan fingerprint density at radius 3 is 2.70 bits per heavy atom. The molecule has 2 N–H and O–H groups in total. The number of ether oxygens (including phenoxy) is 1. The molecule has 0 amide bonds. The lowest BCUT2D eigenvalue weighted by Gasteiger charge is -2.15. The fraction of sp³-hybridized carbons (Fsp3) is 0.429. The molecule has 0 spiro atoms. The number of rotatable bonds is 5. The highest BCUT2D eigenvalue weighted by molar-refractivity contribution is 7.80. The van der Waals surface area contributed by atoms with Gasteiger partial charge in [0.15, 0.2) is 5.11 Å². The molecule has 0 fully saturated rings. The number of hydrogen-bond donors (Lipinski definition) is 2. The summed E-state index contributed by atoms with van der Waals surface area (Å²) in [6.45, 7) is 6.19. The van der Waals surface area contributed by atoms with Crippen molar-refractivity contribution in [2.75, 3.05) is 11.9 Å². The lowest BCUT2D eigenvalue weighted by molar-refractivity contribution is 0.0526. The van der Waals surface area contributed by atoms with Crippen molar-refractivity contribution < 1.29 is 9.53 Å². The molecule has 1 atom stereocenters. The predicted molar refractivity (Wildman–Crippen MR) is 86.5 cm³/mol. The molecule has 0 aliphatic carbocycles. The third-order valence-electron chi connectivity index (χ3n) is 2.71. The Bertz CT molecular complexity index is 494. The molecular formula is C14H19ClN2O2S. The van der Waals surface area contributed by atoms with Gasteiger partial charge < -0.3 is 15.4 Å². The summed E-state index contributed by atoms with van der Waals surface area (Å²) in [7, 11) is 0. The number of hydrogen-bond acceptors (Lipinski definition) is 3. The highest BCUT2D eigenvalue weighted by Gasteiger charge is 2.12. The Kier molecular flexibility index (Phi) is 6.75. The Balaban J connectivity index is 2.72. The van der Waals surface area contributed by atoms with Crippen LogP contribution in [0.2, 0.25) is 5.02 Å².